The summed E-state index contributed by atoms with van der Waals surface area (Å²) in [4.78, 5) is 13.8. The van der Waals surface area contributed by atoms with Crippen LogP contribution in [0.5, 0.6) is 0 Å². The lowest BCUT2D eigenvalue weighted by Crippen LogP contribution is -2.20. The number of nitrogen functional groups attached to an aromatic ring is 1. The van der Waals surface area contributed by atoms with Crippen LogP contribution in [0.1, 0.15) is 34.9 Å². The molecule has 0 fully saturated rings. The third-order valence-electron chi connectivity index (χ3n) is 4.48. The highest BCUT2D eigenvalue weighted by Gasteiger charge is 2.32. The number of hydrogen-bond acceptors (Lipinski definition) is 5. The van der Waals surface area contributed by atoms with Gasteiger partial charge < -0.3 is 0 Å². The fraction of sp³-hybridized carbons (Fsp3) is 0.105. The quantitative estimate of drug-likeness (QED) is 0.660. The summed E-state index contributed by atoms with van der Waals surface area (Å²) in [5, 5.41) is 30.2. The number of nitro benzene ring substituents is 1. The summed E-state index contributed by atoms with van der Waals surface area (Å²) in [7, 11) is 0. The number of benzene rings is 1. The fourth-order valence-corrected chi connectivity index (χ4v) is 3.20. The van der Waals surface area contributed by atoms with E-state index in [4.69, 9.17) is 5.73 Å². The molecule has 3 rings (SSSR count). The van der Waals surface area contributed by atoms with Gasteiger partial charge in [0.25, 0.3) is 11.5 Å². The maximum atomic E-state index is 11.3. The molecule has 7 nitrogen and oxygen atoms in total. The van der Waals surface area contributed by atoms with Gasteiger partial charge in [0.2, 0.25) is 0 Å². The summed E-state index contributed by atoms with van der Waals surface area (Å²) in [6, 6.07) is 10.6. The second-order valence-corrected chi connectivity index (χ2v) is 5.89. The number of nitriles is 2. The Kier molecular flexibility index (Phi) is 3.99. The van der Waals surface area contributed by atoms with Crippen LogP contribution in [-0.2, 0) is 0 Å². The Morgan fingerprint density at radius 3 is 2.54 bits per heavy atom. The van der Waals surface area contributed by atoms with Crippen molar-refractivity contribution < 1.29 is 9.91 Å². The van der Waals surface area contributed by atoms with E-state index in [-0.39, 0.29) is 11.5 Å². The number of rotatable bonds is 2. The second kappa shape index (κ2) is 6.15. The Bertz CT molecular complexity index is 1110. The molecule has 0 radical (unpaired) electrons. The van der Waals surface area contributed by atoms with E-state index < -0.39 is 4.92 Å². The predicted molar refractivity (Wildman–Crippen MR) is 96.0 cm³/mol. The molecule has 2 aromatic rings. The predicted octanol–water partition coefficient (Wildman–Crippen LogP) is 3.02. The molecule has 3 N–H and O–H groups in total. The number of nitrogens with one attached hydrogen (secondary N) is 1. The van der Waals surface area contributed by atoms with Crippen LogP contribution in [0.4, 0.5) is 11.5 Å². The van der Waals surface area contributed by atoms with Gasteiger partial charge in [-0.1, -0.05) is 12.1 Å². The molecule has 1 aromatic carbocycles. The Balaban J connectivity index is 2.37. The molecule has 0 spiro atoms. The minimum absolute atomic E-state index is 0.0302. The molecule has 1 aliphatic rings. The molecule has 1 aromatic heterocycles. The van der Waals surface area contributed by atoms with Gasteiger partial charge in [-0.3, -0.25) is 15.8 Å². The summed E-state index contributed by atoms with van der Waals surface area (Å²) >= 11 is 0. The lowest BCUT2D eigenvalue weighted by Gasteiger charge is -2.08. The van der Waals surface area contributed by atoms with E-state index in [2.05, 4.69) is 17.1 Å². The molecule has 1 heterocycles. The highest BCUT2D eigenvalue weighted by Crippen LogP contribution is 2.43. The van der Waals surface area contributed by atoms with Crippen molar-refractivity contribution in [3.8, 4) is 12.1 Å². The summed E-state index contributed by atoms with van der Waals surface area (Å²) in [6.45, 7) is 3.52. The maximum Gasteiger partial charge on any atom is 0.289 e. The Labute approximate surface area is 149 Å². The molecular formula is C19H14N5O2+. The number of pyridine rings is 1. The van der Waals surface area contributed by atoms with Crippen molar-refractivity contribution in [2.45, 2.75) is 13.8 Å². The molecule has 0 saturated carbocycles. The summed E-state index contributed by atoms with van der Waals surface area (Å²) in [6.07, 6.45) is 1.68. The molecular weight excluding hydrogens is 330 g/mol. The summed E-state index contributed by atoms with van der Waals surface area (Å²) < 4.78 is 0. The summed E-state index contributed by atoms with van der Waals surface area (Å²) in [5.74, 6) is 0.191. The van der Waals surface area contributed by atoms with E-state index in [0.717, 1.165) is 0 Å². The van der Waals surface area contributed by atoms with Crippen LogP contribution in [0.2, 0.25) is 0 Å². The number of aromatic amines is 1. The van der Waals surface area contributed by atoms with Gasteiger partial charge in [0.1, 0.15) is 23.3 Å². The number of aromatic nitrogens is 1. The third kappa shape index (κ3) is 2.40. The van der Waals surface area contributed by atoms with E-state index in [1.807, 2.05) is 0 Å². The molecule has 126 valence electrons. The first-order valence-corrected chi connectivity index (χ1v) is 7.73. The van der Waals surface area contributed by atoms with Crippen molar-refractivity contribution in [3.05, 3.63) is 67.9 Å². The van der Waals surface area contributed by atoms with Crippen molar-refractivity contribution in [3.63, 3.8) is 0 Å². The van der Waals surface area contributed by atoms with Gasteiger partial charge in [-0.05, 0) is 42.7 Å². The highest BCUT2D eigenvalue weighted by molar-refractivity contribution is 6.08. The van der Waals surface area contributed by atoms with Crippen molar-refractivity contribution >= 4 is 28.7 Å². The highest BCUT2D eigenvalue weighted by atomic mass is 16.6. The van der Waals surface area contributed by atoms with Crippen LogP contribution in [0.15, 0.2) is 29.8 Å². The van der Waals surface area contributed by atoms with Gasteiger partial charge in [-0.2, -0.15) is 10.5 Å². The Morgan fingerprint density at radius 2 is 1.92 bits per heavy atom. The number of H-pyrrole nitrogens is 1. The van der Waals surface area contributed by atoms with E-state index >= 15 is 0 Å². The Morgan fingerprint density at radius 1 is 1.23 bits per heavy atom. The average molecular weight is 344 g/mol. The monoisotopic (exact) mass is 344 g/mol. The smallest absolute Gasteiger partial charge is 0.286 e. The number of fused-ring (bicyclic) bond motifs is 1. The largest absolute Gasteiger partial charge is 0.289 e. The summed E-state index contributed by atoms with van der Waals surface area (Å²) in [5.41, 5.74) is 10.2. The number of nitrogens with two attached hydrogens (primary N) is 1. The normalized spacial score (nSPS) is 14.1. The first-order valence-electron chi connectivity index (χ1n) is 7.73. The molecule has 0 unspecified atom stereocenters. The van der Waals surface area contributed by atoms with Gasteiger partial charge in [-0.15, -0.1) is 0 Å². The third-order valence-corrected chi connectivity index (χ3v) is 4.48. The second-order valence-electron chi connectivity index (χ2n) is 5.89. The molecule has 7 heteroatoms. The minimum Gasteiger partial charge on any atom is -0.286 e. The van der Waals surface area contributed by atoms with E-state index in [0.29, 0.717) is 44.7 Å². The molecule has 0 atom stereocenters. The Hall–Kier alpha value is -3.97. The van der Waals surface area contributed by atoms with Gasteiger partial charge in [0.05, 0.1) is 10.5 Å². The zero-order valence-electron chi connectivity index (χ0n) is 14.1. The number of para-hydroxylation sites is 1. The van der Waals surface area contributed by atoms with E-state index in [1.54, 1.807) is 38.1 Å². The molecule has 0 amide bonds. The van der Waals surface area contributed by atoms with Gasteiger partial charge >= 0.3 is 0 Å². The van der Waals surface area contributed by atoms with Crippen LogP contribution in [0.3, 0.4) is 0 Å². The van der Waals surface area contributed by atoms with Crippen LogP contribution in [-0.4, -0.2) is 4.92 Å². The van der Waals surface area contributed by atoms with Crippen LogP contribution in [0, 0.1) is 39.7 Å². The SMILES string of the molecule is CC1=C(C#N)c2[nH+]c(N)c(C#N)c(C)c2C1=Cc1ccccc1[N+](=O)[O-]. The average Bonchev–Trinajstić information content (AvgIpc) is 2.87. The maximum absolute atomic E-state index is 11.3. The van der Waals surface area contributed by atoms with Crippen LogP contribution >= 0.6 is 0 Å². The van der Waals surface area contributed by atoms with Crippen molar-refractivity contribution in [2.24, 2.45) is 0 Å². The molecule has 0 bridgehead atoms. The number of anilines is 1. The van der Waals surface area contributed by atoms with Gasteiger partial charge in [-0.25, -0.2) is 4.98 Å². The van der Waals surface area contributed by atoms with E-state index in [9.17, 15) is 20.6 Å². The van der Waals surface area contributed by atoms with Crippen molar-refractivity contribution in [1.29, 1.82) is 10.5 Å². The molecule has 1 aliphatic carbocycles. The standard InChI is InChI=1S/C19H13N5O2/c1-10-13(7-12-5-3-4-6-16(12)24(25)26)17-11(2)15(9-21)19(22)23-18(17)14(10)8-20/h3-7H,1-2H3,(H2,22,23)/p+1. The molecule has 0 saturated heterocycles. The zero-order valence-corrected chi connectivity index (χ0v) is 14.1. The topological polar surface area (TPSA) is 131 Å². The lowest BCUT2D eigenvalue weighted by atomic mass is 9.95. The number of nitro groups is 1. The van der Waals surface area contributed by atoms with Crippen LogP contribution < -0.4 is 10.7 Å². The van der Waals surface area contributed by atoms with Gasteiger partial charge in [0, 0.05) is 11.6 Å². The number of allylic oxidation sites excluding steroid dienone is 3. The van der Waals surface area contributed by atoms with Crippen molar-refractivity contribution in [1.82, 2.24) is 0 Å². The molecule has 26 heavy (non-hydrogen) atoms. The van der Waals surface area contributed by atoms with Gasteiger partial charge in [0.15, 0.2) is 5.69 Å². The fourth-order valence-electron chi connectivity index (χ4n) is 3.20. The first-order chi connectivity index (χ1) is 12.4. The van der Waals surface area contributed by atoms with E-state index in [1.165, 1.54) is 6.07 Å². The zero-order chi connectivity index (χ0) is 19.0. The number of hydrogen-bond donors (Lipinski definition) is 1. The van der Waals surface area contributed by atoms with Crippen LogP contribution in [0.25, 0.3) is 17.2 Å². The molecule has 0 aliphatic heterocycles. The van der Waals surface area contributed by atoms with Crippen molar-refractivity contribution in [2.75, 3.05) is 5.73 Å². The number of nitrogens with zero attached hydrogens (tertiary/aromatic N) is 3. The minimum atomic E-state index is -0.449. The first kappa shape index (κ1) is 16.9. The lowest BCUT2D eigenvalue weighted by molar-refractivity contribution is -0.385.